The molecule has 0 saturated carbocycles. The molecule has 0 spiro atoms. The fourth-order valence-corrected chi connectivity index (χ4v) is 6.40. The van der Waals surface area contributed by atoms with E-state index in [1.807, 2.05) is 50.2 Å². The molecular weight excluding hydrogens is 667 g/mol. The number of aromatic nitrogens is 1. The fraction of sp³-hybridized carbons (Fsp3) is 0.273. The van der Waals surface area contributed by atoms with Crippen LogP contribution in [0.5, 0.6) is 0 Å². The Bertz CT molecular complexity index is 2000. The van der Waals surface area contributed by atoms with Crippen LogP contribution in [0.25, 0.3) is 10.8 Å². The lowest BCUT2D eigenvalue weighted by molar-refractivity contribution is -0.192. The predicted octanol–water partition coefficient (Wildman–Crippen LogP) is 5.43. The Morgan fingerprint density at radius 1 is 1.08 bits per heavy atom. The molecule has 0 aliphatic carbocycles. The number of sulfone groups is 1. The van der Waals surface area contributed by atoms with E-state index in [0.717, 1.165) is 33.0 Å². The minimum Gasteiger partial charge on any atom is -0.475 e. The molecule has 0 fully saturated rings. The maximum absolute atomic E-state index is 13.9. The number of carboxylic acids is 1. The molecule has 3 heterocycles. The van der Waals surface area contributed by atoms with E-state index in [0.29, 0.717) is 29.2 Å². The maximum atomic E-state index is 13.9. The van der Waals surface area contributed by atoms with Crippen molar-refractivity contribution < 1.29 is 45.8 Å². The molecule has 0 radical (unpaired) electrons. The molecule has 49 heavy (non-hydrogen) atoms. The summed E-state index contributed by atoms with van der Waals surface area (Å²) in [7, 11) is -3.61. The van der Waals surface area contributed by atoms with E-state index < -0.39 is 34.1 Å². The highest BCUT2D eigenvalue weighted by atomic mass is 32.2. The van der Waals surface area contributed by atoms with Crippen molar-refractivity contribution in [2.24, 2.45) is 0 Å². The number of carboxylic acid groups (broad SMARTS) is 1. The van der Waals surface area contributed by atoms with Crippen molar-refractivity contribution in [2.75, 3.05) is 28.7 Å². The molecule has 1 atom stereocenters. The number of anilines is 3. The number of halogens is 3. The average Bonchev–Trinajstić information content (AvgIpc) is 3.03. The number of amides is 2. The monoisotopic (exact) mass is 701 g/mol. The molecule has 260 valence electrons. The highest BCUT2D eigenvalue weighted by molar-refractivity contribution is 7.91. The number of carbonyl (C=O) groups excluding carboxylic acids is 2. The van der Waals surface area contributed by atoms with Crippen LogP contribution in [0.1, 0.15) is 40.8 Å². The van der Waals surface area contributed by atoms with Crippen LogP contribution in [0.15, 0.2) is 65.7 Å². The van der Waals surface area contributed by atoms with Gasteiger partial charge in [-0.1, -0.05) is 19.1 Å². The van der Waals surface area contributed by atoms with Gasteiger partial charge in [0.1, 0.15) is 11.9 Å². The van der Waals surface area contributed by atoms with Crippen LogP contribution < -0.4 is 21.7 Å². The van der Waals surface area contributed by atoms with E-state index in [9.17, 15) is 31.2 Å². The summed E-state index contributed by atoms with van der Waals surface area (Å²) in [6.07, 6.45) is -3.60. The van der Waals surface area contributed by atoms with Crippen LogP contribution in [0.3, 0.4) is 0 Å². The predicted molar refractivity (Wildman–Crippen MR) is 177 cm³/mol. The first-order valence-electron chi connectivity index (χ1n) is 14.9. The van der Waals surface area contributed by atoms with Gasteiger partial charge in [0.15, 0.2) is 9.84 Å². The van der Waals surface area contributed by atoms with Gasteiger partial charge in [0.25, 0.3) is 0 Å². The van der Waals surface area contributed by atoms with Gasteiger partial charge in [0.05, 0.1) is 17.3 Å². The summed E-state index contributed by atoms with van der Waals surface area (Å²) in [4.78, 5) is 39.5. The van der Waals surface area contributed by atoms with Crippen molar-refractivity contribution in [1.29, 1.82) is 0 Å². The van der Waals surface area contributed by atoms with Crippen molar-refractivity contribution in [3.8, 4) is 0 Å². The Hall–Kier alpha value is -5.38. The quantitative estimate of drug-likeness (QED) is 0.183. The number of ether oxygens (including phenoxy) is 1. The molecular formula is C33H34F3N5O7S. The number of nitrogens with zero attached hydrogens (tertiary/aromatic N) is 1. The van der Waals surface area contributed by atoms with Crippen molar-refractivity contribution in [2.45, 2.75) is 50.9 Å². The van der Waals surface area contributed by atoms with Crippen LogP contribution in [-0.4, -0.2) is 55.0 Å². The number of nitrogens with two attached hydrogens (primary N) is 1. The van der Waals surface area contributed by atoms with Crippen LogP contribution in [-0.2, 0) is 37.1 Å². The second kappa shape index (κ2) is 14.8. The van der Waals surface area contributed by atoms with Crippen LogP contribution in [0.2, 0.25) is 0 Å². The van der Waals surface area contributed by atoms with Gasteiger partial charge in [0.2, 0.25) is 5.91 Å². The van der Waals surface area contributed by atoms with E-state index in [2.05, 4.69) is 20.9 Å². The maximum Gasteiger partial charge on any atom is 0.490 e. The molecule has 2 aliphatic heterocycles. The minimum atomic E-state index is -5.08. The van der Waals surface area contributed by atoms with Crippen LogP contribution >= 0.6 is 0 Å². The van der Waals surface area contributed by atoms with E-state index in [4.69, 9.17) is 20.4 Å². The number of nitrogen functional groups attached to an aromatic ring is 1. The number of aliphatic carboxylic acids is 1. The molecule has 6 rings (SSSR count). The third kappa shape index (κ3) is 8.95. The Balaban J connectivity index is 0.000000698. The Morgan fingerprint density at radius 3 is 2.39 bits per heavy atom. The first-order chi connectivity index (χ1) is 23.0. The van der Waals surface area contributed by atoms with Gasteiger partial charge < -0.3 is 26.2 Å². The third-order valence-corrected chi connectivity index (χ3v) is 9.55. The third-order valence-electron chi connectivity index (χ3n) is 7.72. The zero-order valence-corrected chi connectivity index (χ0v) is 27.5. The van der Waals surface area contributed by atoms with Crippen molar-refractivity contribution in [3.05, 3.63) is 88.6 Å². The molecule has 2 amide bonds. The molecule has 3 aromatic carbocycles. The van der Waals surface area contributed by atoms with Gasteiger partial charge in [-0.2, -0.15) is 13.2 Å². The second-order valence-electron chi connectivity index (χ2n) is 11.1. The zero-order chi connectivity index (χ0) is 36.1. The molecule has 4 aromatic rings. The van der Waals surface area contributed by atoms with Crippen LogP contribution in [0, 0.1) is 13.8 Å². The van der Waals surface area contributed by atoms with Crippen molar-refractivity contribution in [3.63, 3.8) is 0 Å². The van der Waals surface area contributed by atoms with Gasteiger partial charge in [-0.3, -0.25) is 10.1 Å². The normalized spacial score (nSPS) is 15.3. The lowest BCUT2D eigenvalue weighted by atomic mass is 9.93. The number of benzene rings is 3. The molecule has 6 N–H and O–H groups in total. The number of hydrogen-bond acceptors (Lipinski definition) is 9. The van der Waals surface area contributed by atoms with Gasteiger partial charge in [-0.25, -0.2) is 23.0 Å². The number of alkyl halides is 3. The lowest BCUT2D eigenvalue weighted by Gasteiger charge is -2.23. The molecule has 0 saturated heterocycles. The summed E-state index contributed by atoms with van der Waals surface area (Å²) in [6, 6.07) is 15.0. The fourth-order valence-electron chi connectivity index (χ4n) is 5.28. The summed E-state index contributed by atoms with van der Waals surface area (Å²) in [5.41, 5.74) is 11.1. The largest absolute Gasteiger partial charge is 0.490 e. The SMILES string of the molecule is CCS(=O)(=O)c1ccc2cc1CNC(=O)C(Nc1ccc3c(N)nccc3c1)c1cc(C)c(c(C)c1)CCOC(=O)N2.O=C(O)C(F)(F)F. The number of fused-ring (bicyclic) bond motifs is 10. The first kappa shape index (κ1) is 36.5. The number of rotatable bonds is 4. The number of pyridine rings is 1. The van der Waals surface area contributed by atoms with Gasteiger partial charge in [0, 0.05) is 35.9 Å². The minimum absolute atomic E-state index is 0.0773. The lowest BCUT2D eigenvalue weighted by Crippen LogP contribution is -2.34. The average molecular weight is 702 g/mol. The number of carbonyl (C=O) groups is 3. The van der Waals surface area contributed by atoms with Gasteiger partial charge in [-0.05, 0) is 89.5 Å². The summed E-state index contributed by atoms with van der Waals surface area (Å²) in [6.45, 7) is 5.55. The molecule has 12 nitrogen and oxygen atoms in total. The Labute approximate surface area is 279 Å². The molecule has 16 heteroatoms. The summed E-state index contributed by atoms with van der Waals surface area (Å²) in [5, 5.41) is 17.8. The Morgan fingerprint density at radius 2 is 1.76 bits per heavy atom. The summed E-state index contributed by atoms with van der Waals surface area (Å²) >= 11 is 0. The smallest absolute Gasteiger partial charge is 0.475 e. The standard InChI is InChI=1S/C31H33N5O5S.C2HF3O2/c1-4-42(39,40)27-8-6-24-16-22(27)17-34-30(37)28(35-23-5-7-26-20(15-23)9-11-33-29(26)32)21-13-18(2)25(19(3)14-21)10-12-41-31(38)36-24;3-2(4,5)1(6)7/h5-9,11,13-16,28,35H,4,10,12,17H2,1-3H3,(H2,32,33)(H,34,37)(H,36,38);(H,6,7). The van der Waals surface area contributed by atoms with E-state index in [1.54, 1.807) is 19.2 Å². The summed E-state index contributed by atoms with van der Waals surface area (Å²) in [5.74, 6) is -2.79. The summed E-state index contributed by atoms with van der Waals surface area (Å²) < 4.78 is 62.9. The van der Waals surface area contributed by atoms with Gasteiger partial charge in [-0.15, -0.1) is 0 Å². The van der Waals surface area contributed by atoms with Gasteiger partial charge >= 0.3 is 18.2 Å². The Kier molecular flexibility index (Phi) is 11.0. The van der Waals surface area contributed by atoms with Crippen LogP contribution in [0.4, 0.5) is 35.2 Å². The molecule has 2 aliphatic rings. The molecule has 1 aromatic heterocycles. The zero-order valence-electron chi connectivity index (χ0n) is 26.6. The van der Waals surface area contributed by atoms with E-state index in [-0.39, 0.29) is 29.7 Å². The number of nitrogens with one attached hydrogen (secondary N) is 3. The van der Waals surface area contributed by atoms with Crippen molar-refractivity contribution >= 4 is 55.8 Å². The van der Waals surface area contributed by atoms with E-state index in [1.165, 1.54) is 12.1 Å². The number of hydrogen-bond donors (Lipinski definition) is 5. The molecule has 4 bridgehead atoms. The van der Waals surface area contributed by atoms with Crippen molar-refractivity contribution in [1.82, 2.24) is 10.3 Å². The topological polar surface area (TPSA) is 190 Å². The van der Waals surface area contributed by atoms with E-state index >= 15 is 0 Å². The highest BCUT2D eigenvalue weighted by Crippen LogP contribution is 2.29. The highest BCUT2D eigenvalue weighted by Gasteiger charge is 2.38. The second-order valence-corrected chi connectivity index (χ2v) is 13.3. The number of aryl methyl sites for hydroxylation is 2. The first-order valence-corrected chi connectivity index (χ1v) is 16.5. The molecule has 1 unspecified atom stereocenters.